The Morgan fingerprint density at radius 2 is 1.88 bits per heavy atom. The topological polar surface area (TPSA) is 55.1 Å². The third kappa shape index (κ3) is 6.61. The maximum Gasteiger partial charge on any atom is 0.230 e. The zero-order chi connectivity index (χ0) is 11.7. The van der Waals surface area contributed by atoms with Gasteiger partial charge in [-0.15, -0.1) is 12.4 Å². The monoisotopic (exact) mass is 268 g/mol. The van der Waals surface area contributed by atoms with Crippen molar-refractivity contribution in [2.75, 3.05) is 18.1 Å². The van der Waals surface area contributed by atoms with Gasteiger partial charge in [0.05, 0.1) is 11.3 Å². The zero-order valence-corrected chi connectivity index (χ0v) is 12.2. The predicted molar refractivity (Wildman–Crippen MR) is 75.4 cm³/mol. The molecule has 0 heterocycles. The SMILES string of the molecule is CCCSCC(=O)NC(CC)(CC)CN.Cl. The van der Waals surface area contributed by atoms with Crippen LogP contribution in [0.2, 0.25) is 0 Å². The number of nitrogens with one attached hydrogen (secondary N) is 1. The van der Waals surface area contributed by atoms with Gasteiger partial charge >= 0.3 is 0 Å². The van der Waals surface area contributed by atoms with Gasteiger partial charge in [0, 0.05) is 6.54 Å². The highest BCUT2D eigenvalue weighted by Crippen LogP contribution is 2.13. The highest BCUT2D eigenvalue weighted by Gasteiger charge is 2.25. The van der Waals surface area contributed by atoms with Crippen LogP contribution in [0.5, 0.6) is 0 Å². The van der Waals surface area contributed by atoms with Crippen molar-refractivity contribution in [3.05, 3.63) is 0 Å². The Morgan fingerprint density at radius 1 is 1.31 bits per heavy atom. The summed E-state index contributed by atoms with van der Waals surface area (Å²) in [5, 5.41) is 3.05. The van der Waals surface area contributed by atoms with Gasteiger partial charge in [-0.2, -0.15) is 11.8 Å². The molecule has 3 nitrogen and oxygen atoms in total. The first-order valence-corrected chi connectivity index (χ1v) is 6.88. The lowest BCUT2D eigenvalue weighted by atomic mass is 9.93. The molecule has 3 N–H and O–H groups in total. The average molecular weight is 269 g/mol. The fraction of sp³-hybridized carbons (Fsp3) is 0.909. The van der Waals surface area contributed by atoms with Gasteiger partial charge in [-0.25, -0.2) is 0 Å². The molecule has 16 heavy (non-hydrogen) atoms. The van der Waals surface area contributed by atoms with Crippen LogP contribution in [-0.2, 0) is 4.79 Å². The molecule has 0 bridgehead atoms. The quantitative estimate of drug-likeness (QED) is 0.664. The normalized spacial score (nSPS) is 10.8. The first kappa shape index (κ1) is 18.4. The first-order valence-electron chi connectivity index (χ1n) is 5.73. The standard InChI is InChI=1S/C11H24N2OS.ClH/c1-4-7-15-8-10(14)13-11(5-2,6-3)9-12;/h4-9,12H2,1-3H3,(H,13,14);1H. The Balaban J connectivity index is 0. The molecule has 0 fully saturated rings. The molecule has 0 saturated carbocycles. The average Bonchev–Trinajstić information content (AvgIpc) is 2.26. The minimum absolute atomic E-state index is 0. The number of hydrogen-bond donors (Lipinski definition) is 2. The van der Waals surface area contributed by atoms with Gasteiger partial charge in [0.15, 0.2) is 0 Å². The molecule has 0 aromatic heterocycles. The summed E-state index contributed by atoms with van der Waals surface area (Å²) < 4.78 is 0. The lowest BCUT2D eigenvalue weighted by Gasteiger charge is -2.31. The van der Waals surface area contributed by atoms with E-state index in [1.807, 2.05) is 0 Å². The van der Waals surface area contributed by atoms with E-state index in [-0.39, 0.29) is 23.9 Å². The first-order chi connectivity index (χ1) is 7.14. The van der Waals surface area contributed by atoms with Crippen molar-refractivity contribution in [3.8, 4) is 0 Å². The minimum Gasteiger partial charge on any atom is -0.349 e. The molecular weight excluding hydrogens is 244 g/mol. The van der Waals surface area contributed by atoms with Crippen LogP contribution in [0, 0.1) is 0 Å². The van der Waals surface area contributed by atoms with E-state index in [4.69, 9.17) is 5.73 Å². The Hall–Kier alpha value is 0.0700. The van der Waals surface area contributed by atoms with Crippen LogP contribution in [-0.4, -0.2) is 29.5 Å². The summed E-state index contributed by atoms with van der Waals surface area (Å²) in [5.41, 5.74) is 5.52. The van der Waals surface area contributed by atoms with Gasteiger partial charge in [0.25, 0.3) is 0 Å². The highest BCUT2D eigenvalue weighted by atomic mass is 35.5. The molecule has 5 heteroatoms. The fourth-order valence-electron chi connectivity index (χ4n) is 1.41. The maximum absolute atomic E-state index is 11.6. The largest absolute Gasteiger partial charge is 0.349 e. The second kappa shape index (κ2) is 10.2. The Bertz CT molecular complexity index is 179. The van der Waals surface area contributed by atoms with Crippen molar-refractivity contribution in [1.82, 2.24) is 5.32 Å². The molecule has 0 aliphatic rings. The summed E-state index contributed by atoms with van der Waals surface area (Å²) in [7, 11) is 0. The zero-order valence-electron chi connectivity index (χ0n) is 10.5. The number of carbonyl (C=O) groups excluding carboxylic acids is 1. The van der Waals surface area contributed by atoms with Crippen molar-refractivity contribution in [2.45, 2.75) is 45.6 Å². The number of halogens is 1. The van der Waals surface area contributed by atoms with E-state index >= 15 is 0 Å². The lowest BCUT2D eigenvalue weighted by Crippen LogP contribution is -2.53. The maximum atomic E-state index is 11.6. The molecule has 0 aliphatic carbocycles. The molecule has 0 aromatic rings. The van der Waals surface area contributed by atoms with Gasteiger partial charge in [0.2, 0.25) is 5.91 Å². The van der Waals surface area contributed by atoms with Gasteiger partial charge in [0.1, 0.15) is 0 Å². The number of thioether (sulfide) groups is 1. The molecule has 0 atom stereocenters. The van der Waals surface area contributed by atoms with E-state index in [2.05, 4.69) is 26.1 Å². The summed E-state index contributed by atoms with van der Waals surface area (Å²) in [6, 6.07) is 0. The Kier molecular flexibility index (Phi) is 11.8. The van der Waals surface area contributed by atoms with Crippen LogP contribution >= 0.6 is 24.2 Å². The van der Waals surface area contributed by atoms with E-state index in [0.29, 0.717) is 12.3 Å². The summed E-state index contributed by atoms with van der Waals surface area (Å²) in [6.07, 6.45) is 2.90. The van der Waals surface area contributed by atoms with Gasteiger partial charge < -0.3 is 11.1 Å². The van der Waals surface area contributed by atoms with E-state index in [1.54, 1.807) is 11.8 Å². The van der Waals surface area contributed by atoms with Crippen LogP contribution in [0.15, 0.2) is 0 Å². The highest BCUT2D eigenvalue weighted by molar-refractivity contribution is 7.99. The van der Waals surface area contributed by atoms with Crippen molar-refractivity contribution >= 4 is 30.1 Å². The Morgan fingerprint density at radius 3 is 2.25 bits per heavy atom. The molecule has 0 rings (SSSR count). The van der Waals surface area contributed by atoms with Gasteiger partial charge in [-0.1, -0.05) is 20.8 Å². The number of rotatable bonds is 8. The molecule has 1 amide bonds. The summed E-state index contributed by atoms with van der Waals surface area (Å²) in [5.74, 6) is 1.71. The second-order valence-corrected chi connectivity index (χ2v) is 4.90. The van der Waals surface area contributed by atoms with Crippen LogP contribution < -0.4 is 11.1 Å². The number of nitrogens with two attached hydrogens (primary N) is 1. The van der Waals surface area contributed by atoms with Gasteiger partial charge in [-0.3, -0.25) is 4.79 Å². The summed E-state index contributed by atoms with van der Waals surface area (Å²) in [6.45, 7) is 6.77. The smallest absolute Gasteiger partial charge is 0.230 e. The van der Waals surface area contributed by atoms with E-state index in [1.165, 1.54) is 0 Å². The third-order valence-corrected chi connectivity index (χ3v) is 3.89. The molecule has 98 valence electrons. The lowest BCUT2D eigenvalue weighted by molar-refractivity contribution is -0.120. The molecule has 0 aromatic carbocycles. The van der Waals surface area contributed by atoms with Crippen LogP contribution in [0.4, 0.5) is 0 Å². The molecule has 0 saturated heterocycles. The molecule has 0 radical (unpaired) electrons. The van der Waals surface area contributed by atoms with Gasteiger partial charge in [-0.05, 0) is 25.0 Å². The van der Waals surface area contributed by atoms with Crippen molar-refractivity contribution < 1.29 is 4.79 Å². The van der Waals surface area contributed by atoms with Crippen molar-refractivity contribution in [2.24, 2.45) is 5.73 Å². The number of amides is 1. The van der Waals surface area contributed by atoms with Crippen LogP contribution in [0.3, 0.4) is 0 Å². The minimum atomic E-state index is -0.191. The van der Waals surface area contributed by atoms with E-state index in [9.17, 15) is 4.79 Å². The Labute approximate surface area is 110 Å². The summed E-state index contributed by atoms with van der Waals surface area (Å²) in [4.78, 5) is 11.6. The van der Waals surface area contributed by atoms with Crippen LogP contribution in [0.1, 0.15) is 40.0 Å². The predicted octanol–water partition coefficient (Wildman–Crippen LogP) is 2.19. The van der Waals surface area contributed by atoms with E-state index in [0.717, 1.165) is 25.0 Å². The fourth-order valence-corrected chi connectivity index (χ4v) is 2.10. The number of carbonyl (C=O) groups is 1. The second-order valence-electron chi connectivity index (χ2n) is 3.79. The summed E-state index contributed by atoms with van der Waals surface area (Å²) >= 11 is 1.68. The van der Waals surface area contributed by atoms with Crippen LogP contribution in [0.25, 0.3) is 0 Å². The molecular formula is C11H25ClN2OS. The van der Waals surface area contributed by atoms with E-state index < -0.39 is 0 Å². The molecule has 0 aliphatic heterocycles. The van der Waals surface area contributed by atoms with Crippen molar-refractivity contribution in [3.63, 3.8) is 0 Å². The number of hydrogen-bond acceptors (Lipinski definition) is 3. The van der Waals surface area contributed by atoms with Crippen molar-refractivity contribution in [1.29, 1.82) is 0 Å². The third-order valence-electron chi connectivity index (χ3n) is 2.73. The molecule has 0 unspecified atom stereocenters. The molecule has 0 spiro atoms.